The number of nitrogens with one attached hydrogen (secondary N) is 1. The van der Waals surface area contributed by atoms with Crippen LogP contribution in [0.3, 0.4) is 0 Å². The van der Waals surface area contributed by atoms with Crippen molar-refractivity contribution in [1.82, 2.24) is 15.1 Å². The number of fused-ring (bicyclic) bond motifs is 1. The molecule has 1 atom stereocenters. The first-order valence-electron chi connectivity index (χ1n) is 13.9. The standard InChI is InChI=1S/C31H41N3O4/c1-5-33(6-2)29(36)24-10-8-23(9-11-24)27-21-31(15-17-32-18-16-31)38-28-13-12-25(20-26(27)28)30(37)34(7-3)19-14-22(4)35/h8-13,20-22,32,35H,5-7,14-19H2,1-4H3/t22-/m1/s1. The predicted molar refractivity (Wildman–Crippen MR) is 151 cm³/mol. The Balaban J connectivity index is 1.71. The van der Waals surface area contributed by atoms with Crippen LogP contribution in [0.1, 0.15) is 78.8 Å². The molecular formula is C31H41N3O4. The zero-order valence-electron chi connectivity index (χ0n) is 23.1. The van der Waals surface area contributed by atoms with Gasteiger partial charge in [0.1, 0.15) is 11.4 Å². The second-order valence-electron chi connectivity index (χ2n) is 10.3. The first kappa shape index (κ1) is 27.9. The lowest BCUT2D eigenvalue weighted by Crippen LogP contribution is -2.46. The van der Waals surface area contributed by atoms with Crippen molar-refractivity contribution in [3.8, 4) is 5.75 Å². The molecule has 2 N–H and O–H groups in total. The van der Waals surface area contributed by atoms with Crippen LogP contribution in [-0.4, -0.2) is 77.7 Å². The molecule has 204 valence electrons. The normalized spacial score (nSPS) is 16.7. The smallest absolute Gasteiger partial charge is 0.253 e. The molecule has 0 aliphatic carbocycles. The van der Waals surface area contributed by atoms with Gasteiger partial charge in [-0.2, -0.15) is 0 Å². The van der Waals surface area contributed by atoms with Crippen LogP contribution in [0.25, 0.3) is 5.57 Å². The van der Waals surface area contributed by atoms with E-state index < -0.39 is 11.7 Å². The van der Waals surface area contributed by atoms with Crippen molar-refractivity contribution < 1.29 is 19.4 Å². The maximum absolute atomic E-state index is 13.4. The summed E-state index contributed by atoms with van der Waals surface area (Å²) in [5.41, 5.74) is 3.77. The maximum atomic E-state index is 13.4. The van der Waals surface area contributed by atoms with Crippen LogP contribution in [0.5, 0.6) is 5.75 Å². The molecule has 0 aromatic heterocycles. The average Bonchev–Trinajstić information content (AvgIpc) is 2.93. The van der Waals surface area contributed by atoms with Crippen LogP contribution < -0.4 is 10.1 Å². The molecule has 0 radical (unpaired) electrons. The molecule has 4 rings (SSSR count). The summed E-state index contributed by atoms with van der Waals surface area (Å²) in [6.45, 7) is 11.8. The van der Waals surface area contributed by atoms with Gasteiger partial charge in [-0.3, -0.25) is 9.59 Å². The van der Waals surface area contributed by atoms with E-state index in [0.29, 0.717) is 43.7 Å². The van der Waals surface area contributed by atoms with Crippen molar-refractivity contribution >= 4 is 17.4 Å². The molecule has 7 heteroatoms. The minimum atomic E-state index is -0.457. The van der Waals surface area contributed by atoms with Gasteiger partial charge in [-0.15, -0.1) is 0 Å². The Morgan fingerprint density at radius 2 is 1.55 bits per heavy atom. The van der Waals surface area contributed by atoms with Gasteiger partial charge in [0, 0.05) is 55.7 Å². The third-order valence-corrected chi connectivity index (χ3v) is 7.67. The summed E-state index contributed by atoms with van der Waals surface area (Å²) >= 11 is 0. The number of hydrogen-bond acceptors (Lipinski definition) is 5. The molecule has 1 saturated heterocycles. The number of aliphatic hydroxyl groups is 1. The Hall–Kier alpha value is -3.16. The molecule has 0 bridgehead atoms. The Bertz CT molecular complexity index is 1160. The highest BCUT2D eigenvalue weighted by Gasteiger charge is 2.37. The monoisotopic (exact) mass is 519 g/mol. The van der Waals surface area contributed by atoms with Crippen LogP contribution in [0.4, 0.5) is 0 Å². The van der Waals surface area contributed by atoms with E-state index in [0.717, 1.165) is 48.4 Å². The van der Waals surface area contributed by atoms with E-state index >= 15 is 0 Å². The van der Waals surface area contributed by atoms with Crippen LogP contribution in [0.15, 0.2) is 48.5 Å². The van der Waals surface area contributed by atoms with Crippen molar-refractivity contribution in [2.45, 2.75) is 58.7 Å². The number of ether oxygens (including phenoxy) is 1. The fourth-order valence-electron chi connectivity index (χ4n) is 5.30. The number of carbonyl (C=O) groups is 2. The number of piperidine rings is 1. The first-order chi connectivity index (χ1) is 18.3. The number of carbonyl (C=O) groups excluding carboxylic acids is 2. The SMILES string of the molecule is CCN(CC)C(=O)c1ccc(C2=CC3(CCNCC3)Oc3ccc(C(=O)N(CC)CC[C@@H](C)O)cc32)cc1. The van der Waals surface area contributed by atoms with Gasteiger partial charge in [-0.05, 0) is 94.7 Å². The Kier molecular flexibility index (Phi) is 8.90. The lowest BCUT2D eigenvalue weighted by molar-refractivity contribution is 0.0731. The van der Waals surface area contributed by atoms with Gasteiger partial charge in [-0.1, -0.05) is 12.1 Å². The maximum Gasteiger partial charge on any atom is 0.253 e. The highest BCUT2D eigenvalue weighted by molar-refractivity contribution is 5.98. The molecule has 2 amide bonds. The quantitative estimate of drug-likeness (QED) is 0.515. The van der Waals surface area contributed by atoms with Crippen LogP contribution in [-0.2, 0) is 0 Å². The van der Waals surface area contributed by atoms with Crippen molar-refractivity contribution in [2.24, 2.45) is 0 Å². The number of nitrogens with zero attached hydrogens (tertiary/aromatic N) is 2. The molecule has 1 spiro atoms. The molecule has 1 fully saturated rings. The molecule has 2 aromatic carbocycles. The lowest BCUT2D eigenvalue weighted by atomic mass is 9.83. The topological polar surface area (TPSA) is 82.1 Å². The Morgan fingerprint density at radius 3 is 2.16 bits per heavy atom. The number of aliphatic hydroxyl groups excluding tert-OH is 1. The minimum absolute atomic E-state index is 0.0301. The first-order valence-corrected chi connectivity index (χ1v) is 13.9. The molecule has 2 aromatic rings. The molecule has 2 aliphatic heterocycles. The highest BCUT2D eigenvalue weighted by atomic mass is 16.5. The van der Waals surface area contributed by atoms with Gasteiger partial charge < -0.3 is 25.0 Å². The van der Waals surface area contributed by atoms with Gasteiger partial charge in [0.15, 0.2) is 0 Å². The van der Waals surface area contributed by atoms with Crippen molar-refractivity contribution in [2.75, 3.05) is 39.3 Å². The van der Waals surface area contributed by atoms with E-state index in [1.54, 1.807) is 11.8 Å². The van der Waals surface area contributed by atoms with Gasteiger partial charge in [-0.25, -0.2) is 0 Å². The van der Waals surface area contributed by atoms with Crippen molar-refractivity contribution in [1.29, 1.82) is 0 Å². The van der Waals surface area contributed by atoms with Crippen LogP contribution >= 0.6 is 0 Å². The summed E-state index contributed by atoms with van der Waals surface area (Å²) in [7, 11) is 0. The van der Waals surface area contributed by atoms with Gasteiger partial charge in [0.2, 0.25) is 0 Å². The molecule has 0 saturated carbocycles. The Labute approximate surface area is 226 Å². The van der Waals surface area contributed by atoms with Crippen molar-refractivity contribution in [3.63, 3.8) is 0 Å². The van der Waals surface area contributed by atoms with Crippen LogP contribution in [0, 0.1) is 0 Å². The fourth-order valence-corrected chi connectivity index (χ4v) is 5.30. The summed E-state index contributed by atoms with van der Waals surface area (Å²) in [4.78, 5) is 29.8. The summed E-state index contributed by atoms with van der Waals surface area (Å²) in [6, 6.07) is 13.5. The van der Waals surface area contributed by atoms with Crippen molar-refractivity contribution in [3.05, 3.63) is 70.8 Å². The zero-order chi connectivity index (χ0) is 27.3. The molecule has 38 heavy (non-hydrogen) atoms. The molecule has 2 aliphatic rings. The predicted octanol–water partition coefficient (Wildman–Crippen LogP) is 4.35. The van der Waals surface area contributed by atoms with E-state index in [4.69, 9.17) is 4.74 Å². The summed E-state index contributed by atoms with van der Waals surface area (Å²) < 4.78 is 6.60. The van der Waals surface area contributed by atoms with E-state index in [1.807, 2.05) is 68.1 Å². The highest BCUT2D eigenvalue weighted by Crippen LogP contribution is 2.43. The van der Waals surface area contributed by atoms with E-state index in [2.05, 4.69) is 11.4 Å². The molecule has 7 nitrogen and oxygen atoms in total. The largest absolute Gasteiger partial charge is 0.482 e. The van der Waals surface area contributed by atoms with Gasteiger partial charge in [0.05, 0.1) is 6.10 Å². The number of benzene rings is 2. The minimum Gasteiger partial charge on any atom is -0.482 e. The average molecular weight is 520 g/mol. The second kappa shape index (κ2) is 12.1. The summed E-state index contributed by atoms with van der Waals surface area (Å²) in [5.74, 6) is 0.747. The van der Waals surface area contributed by atoms with Gasteiger partial charge >= 0.3 is 0 Å². The lowest BCUT2D eigenvalue weighted by Gasteiger charge is -2.40. The number of rotatable bonds is 9. The number of hydrogen-bond donors (Lipinski definition) is 2. The Morgan fingerprint density at radius 1 is 0.947 bits per heavy atom. The van der Waals surface area contributed by atoms with E-state index in [-0.39, 0.29) is 11.8 Å². The zero-order valence-corrected chi connectivity index (χ0v) is 23.1. The molecule has 2 heterocycles. The third-order valence-electron chi connectivity index (χ3n) is 7.67. The fraction of sp³-hybridized carbons (Fsp3) is 0.484. The second-order valence-corrected chi connectivity index (χ2v) is 10.3. The number of amides is 2. The van der Waals surface area contributed by atoms with E-state index in [9.17, 15) is 14.7 Å². The molecular weight excluding hydrogens is 478 g/mol. The van der Waals surface area contributed by atoms with Gasteiger partial charge in [0.25, 0.3) is 11.8 Å². The molecule has 0 unspecified atom stereocenters. The third kappa shape index (κ3) is 5.94. The summed E-state index contributed by atoms with van der Waals surface area (Å²) in [5, 5.41) is 13.1. The van der Waals surface area contributed by atoms with Crippen LogP contribution in [0.2, 0.25) is 0 Å². The summed E-state index contributed by atoms with van der Waals surface area (Å²) in [6.07, 6.45) is 4.02. The van der Waals surface area contributed by atoms with E-state index in [1.165, 1.54) is 0 Å².